The van der Waals surface area contributed by atoms with Crippen molar-refractivity contribution in [3.05, 3.63) is 35.2 Å². The number of hydrogen-bond donors (Lipinski definition) is 1. The van der Waals surface area contributed by atoms with Gasteiger partial charge in [-0.15, -0.1) is 11.3 Å². The van der Waals surface area contributed by atoms with Gasteiger partial charge in [-0.3, -0.25) is 0 Å². The van der Waals surface area contributed by atoms with Crippen molar-refractivity contribution < 1.29 is 24.2 Å². The molecule has 0 fully saturated rings. The first-order valence-electron chi connectivity index (χ1n) is 7.99. The molecule has 142 valence electrons. The van der Waals surface area contributed by atoms with Gasteiger partial charge in [0.25, 0.3) is 0 Å². The van der Waals surface area contributed by atoms with E-state index in [1.807, 2.05) is 0 Å². The number of fused-ring (bicyclic) bond motifs is 1. The second kappa shape index (κ2) is 7.16. The number of nitrogens with zero attached hydrogens (tertiary/aromatic N) is 2. The van der Waals surface area contributed by atoms with Crippen LogP contribution in [0, 0.1) is 0 Å². The maximum absolute atomic E-state index is 12.9. The number of thiazole rings is 1. The van der Waals surface area contributed by atoms with Crippen molar-refractivity contribution in [2.24, 2.45) is 0 Å². The number of carbonyl (C=O) groups excluding carboxylic acids is 1. The lowest BCUT2D eigenvalue weighted by atomic mass is 10.2. The molecular formula is C18H18N2O5S2. The van der Waals surface area contributed by atoms with E-state index >= 15 is 0 Å². The number of methoxy groups -OCH3 is 1. The van der Waals surface area contributed by atoms with E-state index in [9.17, 15) is 9.59 Å². The molecule has 0 aliphatic rings. The number of thiophene rings is 1. The second-order valence-electron chi connectivity index (χ2n) is 6.57. The van der Waals surface area contributed by atoms with Crippen LogP contribution < -0.4 is 9.64 Å². The van der Waals surface area contributed by atoms with Crippen molar-refractivity contribution in [1.29, 1.82) is 0 Å². The molecule has 1 amide bonds. The third-order valence-corrected chi connectivity index (χ3v) is 5.52. The highest BCUT2D eigenvalue weighted by Gasteiger charge is 2.30. The quantitative estimate of drug-likeness (QED) is 0.645. The Balaban J connectivity index is 2.10. The van der Waals surface area contributed by atoms with Crippen molar-refractivity contribution in [2.45, 2.75) is 26.4 Å². The minimum atomic E-state index is -1.000. The van der Waals surface area contributed by atoms with Crippen molar-refractivity contribution in [1.82, 2.24) is 4.98 Å². The number of aromatic carboxylic acids is 1. The molecule has 0 spiro atoms. The predicted molar refractivity (Wildman–Crippen MR) is 106 cm³/mol. The van der Waals surface area contributed by atoms with Gasteiger partial charge in [0, 0.05) is 0 Å². The SMILES string of the molecule is COc1ccccc1N(C(=O)OC(C)(C)C)c1nc2sc(C(=O)O)cc2s1. The molecule has 7 nitrogen and oxygen atoms in total. The average Bonchev–Trinajstić information content (AvgIpc) is 3.13. The summed E-state index contributed by atoms with van der Waals surface area (Å²) in [5.74, 6) is -0.506. The molecule has 3 rings (SSSR count). The molecule has 1 aromatic carbocycles. The summed E-state index contributed by atoms with van der Waals surface area (Å²) in [6, 6.07) is 8.62. The number of benzene rings is 1. The Labute approximate surface area is 163 Å². The maximum Gasteiger partial charge on any atom is 0.421 e. The Kier molecular flexibility index (Phi) is 5.07. The number of amides is 1. The summed E-state index contributed by atoms with van der Waals surface area (Å²) < 4.78 is 11.6. The highest BCUT2D eigenvalue weighted by atomic mass is 32.1. The van der Waals surface area contributed by atoms with Crippen LogP contribution >= 0.6 is 22.7 Å². The summed E-state index contributed by atoms with van der Waals surface area (Å²) in [5, 5.41) is 9.51. The molecule has 2 aromatic heterocycles. The number of aromatic nitrogens is 1. The zero-order valence-corrected chi connectivity index (χ0v) is 16.8. The molecule has 0 aliphatic carbocycles. The van der Waals surface area contributed by atoms with Gasteiger partial charge in [-0.25, -0.2) is 19.5 Å². The molecule has 0 atom stereocenters. The van der Waals surface area contributed by atoms with E-state index in [1.54, 1.807) is 51.1 Å². The van der Waals surface area contributed by atoms with E-state index in [2.05, 4.69) is 4.98 Å². The summed E-state index contributed by atoms with van der Waals surface area (Å²) in [6.45, 7) is 5.35. The van der Waals surface area contributed by atoms with Gasteiger partial charge in [0.15, 0.2) is 0 Å². The van der Waals surface area contributed by atoms with Gasteiger partial charge in [0.1, 0.15) is 21.1 Å². The number of para-hydroxylation sites is 2. The Morgan fingerprint density at radius 2 is 1.89 bits per heavy atom. The zero-order valence-electron chi connectivity index (χ0n) is 15.2. The van der Waals surface area contributed by atoms with Crippen LogP contribution in [0.1, 0.15) is 30.4 Å². The predicted octanol–water partition coefficient (Wildman–Crippen LogP) is 5.14. The lowest BCUT2D eigenvalue weighted by Crippen LogP contribution is -2.34. The molecule has 3 aromatic rings. The maximum atomic E-state index is 12.9. The van der Waals surface area contributed by atoms with Crippen molar-refractivity contribution >= 4 is 55.1 Å². The van der Waals surface area contributed by atoms with E-state index in [-0.39, 0.29) is 4.88 Å². The Bertz CT molecular complexity index is 971. The average molecular weight is 406 g/mol. The van der Waals surface area contributed by atoms with Gasteiger partial charge < -0.3 is 14.6 Å². The molecule has 0 saturated carbocycles. The minimum Gasteiger partial charge on any atom is -0.495 e. The molecule has 9 heteroatoms. The number of carboxylic acids is 1. The number of carbonyl (C=O) groups is 2. The lowest BCUT2D eigenvalue weighted by Gasteiger charge is -2.26. The van der Waals surface area contributed by atoms with Crippen molar-refractivity contribution in [3.8, 4) is 5.75 Å². The highest BCUT2D eigenvalue weighted by molar-refractivity contribution is 7.29. The first kappa shape index (κ1) is 19.1. The minimum absolute atomic E-state index is 0.205. The molecular weight excluding hydrogens is 388 g/mol. The monoisotopic (exact) mass is 406 g/mol. The van der Waals surface area contributed by atoms with Gasteiger partial charge in [-0.1, -0.05) is 23.5 Å². The first-order valence-corrected chi connectivity index (χ1v) is 9.62. The fraction of sp³-hybridized carbons (Fsp3) is 0.278. The van der Waals surface area contributed by atoms with Crippen molar-refractivity contribution in [3.63, 3.8) is 0 Å². The summed E-state index contributed by atoms with van der Waals surface area (Å²) in [5.41, 5.74) is -0.197. The molecule has 2 heterocycles. The number of rotatable bonds is 4. The van der Waals surface area contributed by atoms with Gasteiger partial charge in [-0.05, 0) is 39.0 Å². The van der Waals surface area contributed by atoms with Crippen LogP contribution in [0.2, 0.25) is 0 Å². The van der Waals surface area contributed by atoms with Crippen LogP contribution in [0.15, 0.2) is 30.3 Å². The van der Waals surface area contributed by atoms with E-state index in [0.29, 0.717) is 26.1 Å². The summed E-state index contributed by atoms with van der Waals surface area (Å²) in [7, 11) is 1.52. The number of carboxylic acid groups (broad SMARTS) is 1. The Morgan fingerprint density at radius 1 is 1.19 bits per heavy atom. The van der Waals surface area contributed by atoms with Gasteiger partial charge in [0.05, 0.1) is 17.5 Å². The molecule has 0 bridgehead atoms. The molecule has 0 aliphatic heterocycles. The summed E-state index contributed by atoms with van der Waals surface area (Å²) >= 11 is 2.28. The van der Waals surface area contributed by atoms with E-state index in [0.717, 1.165) is 11.3 Å². The topological polar surface area (TPSA) is 89.0 Å². The third kappa shape index (κ3) is 4.04. The Hall–Kier alpha value is -2.65. The van der Waals surface area contributed by atoms with Gasteiger partial charge >= 0.3 is 12.1 Å². The zero-order chi connectivity index (χ0) is 19.8. The largest absolute Gasteiger partial charge is 0.495 e. The van der Waals surface area contributed by atoms with Crippen LogP contribution in [0.4, 0.5) is 15.6 Å². The van der Waals surface area contributed by atoms with Crippen molar-refractivity contribution in [2.75, 3.05) is 12.0 Å². The van der Waals surface area contributed by atoms with Crippen LogP contribution in [0.3, 0.4) is 0 Å². The van der Waals surface area contributed by atoms with Gasteiger partial charge in [-0.2, -0.15) is 0 Å². The van der Waals surface area contributed by atoms with E-state index in [1.165, 1.54) is 23.3 Å². The van der Waals surface area contributed by atoms with Crippen LogP contribution in [0.5, 0.6) is 5.75 Å². The van der Waals surface area contributed by atoms with E-state index < -0.39 is 17.7 Å². The number of anilines is 2. The number of hydrogen-bond acceptors (Lipinski definition) is 7. The smallest absolute Gasteiger partial charge is 0.421 e. The Morgan fingerprint density at radius 3 is 2.48 bits per heavy atom. The normalized spacial score (nSPS) is 11.4. The fourth-order valence-corrected chi connectivity index (χ4v) is 4.38. The fourth-order valence-electron chi connectivity index (χ4n) is 2.33. The molecule has 0 unspecified atom stereocenters. The summed E-state index contributed by atoms with van der Waals surface area (Å²) in [6.07, 6.45) is -0.591. The number of ether oxygens (including phenoxy) is 2. The second-order valence-corrected chi connectivity index (χ2v) is 8.61. The third-order valence-electron chi connectivity index (χ3n) is 3.38. The van der Waals surface area contributed by atoms with Crippen LogP contribution in [-0.2, 0) is 4.74 Å². The van der Waals surface area contributed by atoms with E-state index in [4.69, 9.17) is 14.6 Å². The molecule has 0 saturated heterocycles. The van der Waals surface area contributed by atoms with Crippen LogP contribution in [0.25, 0.3) is 9.53 Å². The molecule has 27 heavy (non-hydrogen) atoms. The van der Waals surface area contributed by atoms with Gasteiger partial charge in [0.2, 0.25) is 5.13 Å². The lowest BCUT2D eigenvalue weighted by molar-refractivity contribution is 0.0597. The highest BCUT2D eigenvalue weighted by Crippen LogP contribution is 2.41. The first-order chi connectivity index (χ1) is 12.7. The summed E-state index contributed by atoms with van der Waals surface area (Å²) in [4.78, 5) is 30.6. The molecule has 1 N–H and O–H groups in total. The standard InChI is InChI=1S/C18H18N2O5S2/c1-18(2,3)25-17(23)20(10-7-5-6-8-11(10)24-4)16-19-14-12(27-16)9-13(26-14)15(21)22/h5-9H,1-4H3,(H,21,22). The van der Waals surface area contributed by atoms with Crippen LogP contribution in [-0.4, -0.2) is 34.9 Å². The molecule has 0 radical (unpaired) electrons.